The Morgan fingerprint density at radius 1 is 1.38 bits per heavy atom. The van der Waals surface area contributed by atoms with E-state index in [1.165, 1.54) is 0 Å². The summed E-state index contributed by atoms with van der Waals surface area (Å²) in [6.45, 7) is 5.11. The molecule has 2 N–H and O–H groups in total. The van der Waals surface area contributed by atoms with Gasteiger partial charge < -0.3 is 10.2 Å². The summed E-state index contributed by atoms with van der Waals surface area (Å²) in [5.41, 5.74) is 4.12. The van der Waals surface area contributed by atoms with Crippen LogP contribution in [0.3, 0.4) is 0 Å². The number of hydrogen-bond acceptors (Lipinski definition) is 2. The Morgan fingerprint density at radius 3 is 2.88 bits per heavy atom. The van der Waals surface area contributed by atoms with Gasteiger partial charge in [-0.3, -0.25) is 5.10 Å². The van der Waals surface area contributed by atoms with Crippen molar-refractivity contribution in [2.45, 2.75) is 32.7 Å². The van der Waals surface area contributed by atoms with Crippen LogP contribution in [0.1, 0.15) is 41.4 Å². The van der Waals surface area contributed by atoms with E-state index in [0.29, 0.717) is 6.54 Å². The molecule has 2 amide bonds. The lowest BCUT2D eigenvalue weighted by atomic mass is 10.0. The summed E-state index contributed by atoms with van der Waals surface area (Å²) < 4.78 is 0. The number of rotatable bonds is 2. The van der Waals surface area contributed by atoms with E-state index < -0.39 is 0 Å². The van der Waals surface area contributed by atoms with Crippen LogP contribution < -0.4 is 5.32 Å². The molecule has 1 aliphatic rings. The van der Waals surface area contributed by atoms with Crippen LogP contribution in [0.4, 0.5) is 4.79 Å². The highest BCUT2D eigenvalue weighted by atomic mass is 16.2. The van der Waals surface area contributed by atoms with E-state index in [-0.39, 0.29) is 12.1 Å². The number of urea groups is 1. The molecule has 1 aliphatic heterocycles. The molecule has 2 heterocycles. The number of aromatic amines is 1. The molecule has 2 aromatic rings. The Bertz CT molecular complexity index is 750. The minimum Gasteiger partial charge on any atom is -0.327 e. The van der Waals surface area contributed by atoms with E-state index in [1.54, 1.807) is 0 Å². The van der Waals surface area contributed by atoms with E-state index in [2.05, 4.69) is 27.4 Å². The van der Waals surface area contributed by atoms with Crippen LogP contribution in [-0.2, 0) is 0 Å². The van der Waals surface area contributed by atoms with Gasteiger partial charge in [-0.1, -0.05) is 30.0 Å². The monoisotopic (exact) mass is 322 g/mol. The normalized spacial score (nSPS) is 16.6. The van der Waals surface area contributed by atoms with Crippen molar-refractivity contribution in [2.24, 2.45) is 0 Å². The molecule has 0 saturated carbocycles. The molecular formula is C19H22N4O. The highest BCUT2D eigenvalue weighted by molar-refractivity contribution is 5.75. The van der Waals surface area contributed by atoms with Gasteiger partial charge in [-0.2, -0.15) is 5.10 Å². The SMILES string of the molecule is Cc1n[nH]c(C)c1[C@H]1CCCN1C(=O)NCC#Cc1ccccc1. The first kappa shape index (κ1) is 16.1. The number of nitrogens with zero attached hydrogens (tertiary/aromatic N) is 2. The maximum Gasteiger partial charge on any atom is 0.318 e. The number of benzene rings is 1. The molecule has 5 nitrogen and oxygen atoms in total. The zero-order valence-corrected chi connectivity index (χ0v) is 14.1. The van der Waals surface area contributed by atoms with Crippen molar-refractivity contribution in [1.82, 2.24) is 20.4 Å². The molecule has 0 radical (unpaired) electrons. The summed E-state index contributed by atoms with van der Waals surface area (Å²) in [4.78, 5) is 14.4. The fourth-order valence-electron chi connectivity index (χ4n) is 3.25. The van der Waals surface area contributed by atoms with Gasteiger partial charge in [0.25, 0.3) is 0 Å². The number of likely N-dealkylation sites (tertiary alicyclic amines) is 1. The van der Waals surface area contributed by atoms with Gasteiger partial charge in [0.1, 0.15) is 0 Å². The molecule has 3 rings (SSSR count). The van der Waals surface area contributed by atoms with Gasteiger partial charge in [0.05, 0.1) is 18.3 Å². The fourth-order valence-corrected chi connectivity index (χ4v) is 3.25. The molecule has 5 heteroatoms. The third-order valence-electron chi connectivity index (χ3n) is 4.37. The Kier molecular flexibility index (Phi) is 4.85. The van der Waals surface area contributed by atoms with Crippen molar-refractivity contribution in [3.8, 4) is 11.8 Å². The summed E-state index contributed by atoms with van der Waals surface area (Å²) in [7, 11) is 0. The number of carbonyl (C=O) groups excluding carboxylic acids is 1. The smallest absolute Gasteiger partial charge is 0.318 e. The summed E-state index contributed by atoms with van der Waals surface area (Å²) >= 11 is 0. The Morgan fingerprint density at radius 2 is 2.17 bits per heavy atom. The maximum absolute atomic E-state index is 12.5. The van der Waals surface area contributed by atoms with Crippen LogP contribution in [0.5, 0.6) is 0 Å². The first-order valence-corrected chi connectivity index (χ1v) is 8.26. The van der Waals surface area contributed by atoms with Crippen LogP contribution >= 0.6 is 0 Å². The highest BCUT2D eigenvalue weighted by Gasteiger charge is 2.32. The van der Waals surface area contributed by atoms with Crippen LogP contribution in [0.15, 0.2) is 30.3 Å². The Hall–Kier alpha value is -2.74. The van der Waals surface area contributed by atoms with Crippen molar-refractivity contribution in [2.75, 3.05) is 13.1 Å². The molecule has 1 saturated heterocycles. The van der Waals surface area contributed by atoms with Crippen LogP contribution in [0.2, 0.25) is 0 Å². The van der Waals surface area contributed by atoms with E-state index in [9.17, 15) is 4.79 Å². The van der Waals surface area contributed by atoms with E-state index >= 15 is 0 Å². The number of H-pyrrole nitrogens is 1. The van der Waals surface area contributed by atoms with Gasteiger partial charge >= 0.3 is 6.03 Å². The third kappa shape index (κ3) is 3.43. The highest BCUT2D eigenvalue weighted by Crippen LogP contribution is 2.34. The second kappa shape index (κ2) is 7.22. The quantitative estimate of drug-likeness (QED) is 0.835. The average molecular weight is 322 g/mol. The predicted octanol–water partition coefficient (Wildman–Crippen LogP) is 2.92. The van der Waals surface area contributed by atoms with Crippen LogP contribution in [-0.4, -0.2) is 34.2 Å². The molecular weight excluding hydrogens is 300 g/mol. The standard InChI is InChI=1S/C19H22N4O/c1-14-18(15(2)22-21-14)17-11-7-13-23(17)19(24)20-12-6-10-16-8-4-3-5-9-16/h3-5,8-9,17H,7,11-13H2,1-2H3,(H,20,24)(H,21,22)/t17-/m1/s1. The fraction of sp³-hybridized carbons (Fsp3) is 0.368. The van der Waals surface area contributed by atoms with E-state index in [1.807, 2.05) is 49.1 Å². The Labute approximate surface area is 142 Å². The molecule has 0 bridgehead atoms. The van der Waals surface area contributed by atoms with Gasteiger partial charge in [0.2, 0.25) is 0 Å². The van der Waals surface area contributed by atoms with Gasteiger partial charge in [-0.05, 0) is 38.8 Å². The molecule has 0 unspecified atom stereocenters. The van der Waals surface area contributed by atoms with Crippen molar-refractivity contribution in [3.05, 3.63) is 52.8 Å². The zero-order chi connectivity index (χ0) is 16.9. The Balaban J connectivity index is 1.61. The molecule has 24 heavy (non-hydrogen) atoms. The number of nitrogens with one attached hydrogen (secondary N) is 2. The van der Waals surface area contributed by atoms with E-state index in [4.69, 9.17) is 0 Å². The molecule has 1 fully saturated rings. The lowest BCUT2D eigenvalue weighted by molar-refractivity contribution is 0.194. The van der Waals surface area contributed by atoms with E-state index in [0.717, 1.165) is 41.9 Å². The number of aryl methyl sites for hydroxylation is 2. The first-order valence-electron chi connectivity index (χ1n) is 8.26. The predicted molar refractivity (Wildman–Crippen MR) is 93.5 cm³/mol. The van der Waals surface area contributed by atoms with Gasteiger partial charge in [-0.15, -0.1) is 0 Å². The minimum atomic E-state index is -0.0557. The number of amides is 2. The molecule has 1 atom stereocenters. The minimum absolute atomic E-state index is 0.0557. The van der Waals surface area contributed by atoms with Crippen LogP contribution in [0, 0.1) is 25.7 Å². The molecule has 1 aromatic heterocycles. The van der Waals surface area contributed by atoms with Crippen molar-refractivity contribution >= 4 is 6.03 Å². The second-order valence-corrected chi connectivity index (χ2v) is 6.03. The van der Waals surface area contributed by atoms with Crippen molar-refractivity contribution < 1.29 is 4.79 Å². The summed E-state index contributed by atoms with van der Waals surface area (Å²) in [6.07, 6.45) is 1.99. The van der Waals surface area contributed by atoms with Crippen molar-refractivity contribution in [3.63, 3.8) is 0 Å². The zero-order valence-electron chi connectivity index (χ0n) is 14.1. The van der Waals surface area contributed by atoms with Crippen LogP contribution in [0.25, 0.3) is 0 Å². The lowest BCUT2D eigenvalue weighted by Gasteiger charge is -2.25. The number of hydrogen-bond donors (Lipinski definition) is 2. The van der Waals surface area contributed by atoms with Gasteiger partial charge in [0.15, 0.2) is 0 Å². The summed E-state index contributed by atoms with van der Waals surface area (Å²) in [5, 5.41) is 10.2. The maximum atomic E-state index is 12.5. The second-order valence-electron chi connectivity index (χ2n) is 6.03. The largest absolute Gasteiger partial charge is 0.327 e. The molecule has 1 aromatic carbocycles. The van der Waals surface area contributed by atoms with Crippen molar-refractivity contribution in [1.29, 1.82) is 0 Å². The van der Waals surface area contributed by atoms with Gasteiger partial charge in [-0.25, -0.2) is 4.79 Å². The molecule has 0 aliphatic carbocycles. The lowest BCUT2D eigenvalue weighted by Crippen LogP contribution is -2.39. The number of aromatic nitrogens is 2. The average Bonchev–Trinajstić information content (AvgIpc) is 3.19. The molecule has 0 spiro atoms. The van der Waals surface area contributed by atoms with Gasteiger partial charge in [0, 0.05) is 23.4 Å². The summed E-state index contributed by atoms with van der Waals surface area (Å²) in [5.74, 6) is 6.05. The number of carbonyl (C=O) groups is 1. The topological polar surface area (TPSA) is 61.0 Å². The summed E-state index contributed by atoms with van der Waals surface area (Å²) in [6, 6.07) is 9.82. The molecule has 124 valence electrons. The first-order chi connectivity index (χ1) is 11.7. The third-order valence-corrected chi connectivity index (χ3v) is 4.37.